The first kappa shape index (κ1) is 28.2. The topological polar surface area (TPSA) is 123 Å². The smallest absolute Gasteiger partial charge is 0.460 e. The second-order valence-electron chi connectivity index (χ2n) is 6.94. The molecule has 36 heavy (non-hydrogen) atoms. The number of aliphatic hydroxyl groups is 1. The minimum atomic E-state index is -5.54. The van der Waals surface area contributed by atoms with Crippen molar-refractivity contribution in [3.05, 3.63) is 60.2 Å². The zero-order chi connectivity index (χ0) is 27.4. The van der Waals surface area contributed by atoms with Crippen molar-refractivity contribution in [1.82, 2.24) is 5.32 Å². The first-order valence-electron chi connectivity index (χ1n) is 9.58. The van der Waals surface area contributed by atoms with Crippen LogP contribution in [0.2, 0.25) is 0 Å². The monoisotopic (exact) mass is 524 g/mol. The first-order chi connectivity index (χ1) is 16.6. The van der Waals surface area contributed by atoms with Gasteiger partial charge in [0, 0.05) is 11.3 Å². The highest BCUT2D eigenvalue weighted by Gasteiger charge is 2.66. The van der Waals surface area contributed by atoms with E-state index in [2.05, 4.69) is 9.47 Å². The molecule has 15 heteroatoms. The van der Waals surface area contributed by atoms with Crippen LogP contribution >= 0.6 is 0 Å². The molecule has 0 unspecified atom stereocenters. The molecule has 0 fully saturated rings. The predicted molar refractivity (Wildman–Crippen MR) is 108 cm³/mol. The van der Waals surface area contributed by atoms with Crippen LogP contribution in [-0.4, -0.2) is 55.4 Å². The fourth-order valence-electron chi connectivity index (χ4n) is 2.83. The Bertz CT molecular complexity index is 1090. The van der Waals surface area contributed by atoms with Gasteiger partial charge in [-0.2, -0.15) is 26.3 Å². The summed E-state index contributed by atoms with van der Waals surface area (Å²) in [6, 6.07) is 7.19. The molecule has 2 atom stereocenters. The van der Waals surface area contributed by atoms with Crippen LogP contribution in [0.3, 0.4) is 0 Å². The minimum Gasteiger partial charge on any atom is -0.466 e. The molecule has 0 saturated carbocycles. The summed E-state index contributed by atoms with van der Waals surface area (Å²) < 4.78 is 94.8. The number of methoxy groups -OCH3 is 2. The van der Waals surface area contributed by atoms with Crippen molar-refractivity contribution in [2.45, 2.75) is 23.7 Å². The van der Waals surface area contributed by atoms with Gasteiger partial charge in [-0.3, -0.25) is 5.32 Å². The molecule has 0 aliphatic carbocycles. The van der Waals surface area contributed by atoms with Gasteiger partial charge in [0.25, 0.3) is 5.60 Å². The van der Waals surface area contributed by atoms with Gasteiger partial charge in [-0.05, 0) is 24.3 Å². The van der Waals surface area contributed by atoms with Crippen LogP contribution in [-0.2, 0) is 24.7 Å². The third-order valence-corrected chi connectivity index (χ3v) is 4.63. The highest BCUT2D eigenvalue weighted by Crippen LogP contribution is 2.40. The minimum absolute atomic E-state index is 0.383. The van der Waals surface area contributed by atoms with E-state index in [1.807, 2.05) is 5.32 Å². The van der Waals surface area contributed by atoms with Gasteiger partial charge in [0.2, 0.25) is 0 Å². The van der Waals surface area contributed by atoms with E-state index in [4.69, 9.17) is 4.74 Å². The number of para-hydroxylation sites is 1. The van der Waals surface area contributed by atoms with E-state index in [0.717, 1.165) is 24.3 Å². The largest absolute Gasteiger partial charge is 0.466 e. The maximum absolute atomic E-state index is 14.0. The standard InChI is InChI=1S/C21H18F6N2O7/c1-34-15(30)18(33,20(22,23)24)12-8-10-13(11-9-12)28-17(32)29-19(16(31)35-2,21(25,26)27)36-14-6-4-3-5-7-14/h3-11,33H,1-2H3,(H2,28,29,32)/t18-,19+/m0/s1. The number of esters is 2. The van der Waals surface area contributed by atoms with E-state index in [0.29, 0.717) is 26.4 Å². The lowest BCUT2D eigenvalue weighted by Crippen LogP contribution is -2.68. The Morgan fingerprint density at radius 2 is 1.31 bits per heavy atom. The molecule has 0 heterocycles. The van der Waals surface area contributed by atoms with Gasteiger partial charge in [-0.1, -0.05) is 30.3 Å². The van der Waals surface area contributed by atoms with Gasteiger partial charge < -0.3 is 24.6 Å². The van der Waals surface area contributed by atoms with Crippen molar-refractivity contribution >= 4 is 23.7 Å². The maximum Gasteiger partial charge on any atom is 0.460 e. The Hall–Kier alpha value is -4.01. The van der Waals surface area contributed by atoms with E-state index in [1.54, 1.807) is 0 Å². The van der Waals surface area contributed by atoms with Crippen LogP contribution in [0, 0.1) is 0 Å². The van der Waals surface area contributed by atoms with Gasteiger partial charge in [-0.25, -0.2) is 14.4 Å². The fraction of sp³-hybridized carbons (Fsp3) is 0.286. The summed E-state index contributed by atoms with van der Waals surface area (Å²) in [7, 11) is 1.24. The number of urea groups is 1. The number of hydrogen-bond donors (Lipinski definition) is 3. The molecule has 0 spiro atoms. The van der Waals surface area contributed by atoms with E-state index in [-0.39, 0.29) is 5.69 Å². The Morgan fingerprint density at radius 1 is 0.778 bits per heavy atom. The Balaban J connectivity index is 2.35. The summed E-state index contributed by atoms with van der Waals surface area (Å²) in [5.41, 5.74) is -9.44. The van der Waals surface area contributed by atoms with E-state index in [9.17, 15) is 45.8 Å². The number of carbonyl (C=O) groups excluding carboxylic acids is 3. The van der Waals surface area contributed by atoms with Gasteiger partial charge in [0.05, 0.1) is 14.2 Å². The number of anilines is 1. The van der Waals surface area contributed by atoms with Crippen LogP contribution in [0.4, 0.5) is 36.8 Å². The van der Waals surface area contributed by atoms with Crippen molar-refractivity contribution in [3.8, 4) is 5.75 Å². The van der Waals surface area contributed by atoms with Crippen LogP contribution in [0.1, 0.15) is 5.56 Å². The number of halogens is 6. The van der Waals surface area contributed by atoms with Crippen molar-refractivity contribution in [2.24, 2.45) is 0 Å². The molecule has 3 N–H and O–H groups in total. The van der Waals surface area contributed by atoms with Gasteiger partial charge >= 0.3 is 36.0 Å². The molecule has 0 aliphatic rings. The molecule has 2 amide bonds. The molecule has 0 aromatic heterocycles. The normalized spacial score (nSPS) is 15.0. The number of rotatable bonds is 7. The summed E-state index contributed by atoms with van der Waals surface area (Å²) in [6.07, 6.45) is -11.0. The van der Waals surface area contributed by atoms with Crippen LogP contribution in [0.5, 0.6) is 5.75 Å². The summed E-state index contributed by atoms with van der Waals surface area (Å²) in [6.45, 7) is 0. The average molecular weight is 524 g/mol. The second kappa shape index (κ2) is 10.3. The average Bonchev–Trinajstić information content (AvgIpc) is 2.81. The highest BCUT2D eigenvalue weighted by atomic mass is 19.4. The SMILES string of the molecule is COC(=O)[C@@](O)(c1ccc(NC(=O)N[C@@](Oc2ccccc2)(C(=O)OC)C(F)(F)F)cc1)C(F)(F)F. The number of nitrogens with one attached hydrogen (secondary N) is 2. The van der Waals surface area contributed by atoms with E-state index in [1.165, 1.54) is 23.5 Å². The Morgan fingerprint density at radius 3 is 1.75 bits per heavy atom. The van der Waals surface area contributed by atoms with Crippen molar-refractivity contribution in [1.29, 1.82) is 0 Å². The first-order valence-corrected chi connectivity index (χ1v) is 9.58. The predicted octanol–water partition coefficient (Wildman–Crippen LogP) is 3.24. The Kier molecular flexibility index (Phi) is 8.09. The number of benzene rings is 2. The van der Waals surface area contributed by atoms with Crippen LogP contribution in [0.25, 0.3) is 0 Å². The molecular weight excluding hydrogens is 506 g/mol. The zero-order valence-electron chi connectivity index (χ0n) is 18.4. The lowest BCUT2D eigenvalue weighted by atomic mass is 9.93. The lowest BCUT2D eigenvalue weighted by Gasteiger charge is -2.33. The zero-order valence-corrected chi connectivity index (χ0v) is 18.4. The highest BCUT2D eigenvalue weighted by molar-refractivity contribution is 5.94. The molecule has 2 rings (SSSR count). The van der Waals surface area contributed by atoms with Gasteiger partial charge in [-0.15, -0.1) is 0 Å². The van der Waals surface area contributed by atoms with Crippen molar-refractivity contribution in [2.75, 3.05) is 19.5 Å². The third-order valence-electron chi connectivity index (χ3n) is 4.63. The molecule has 9 nitrogen and oxygen atoms in total. The van der Waals surface area contributed by atoms with Gasteiger partial charge in [0.15, 0.2) is 0 Å². The summed E-state index contributed by atoms with van der Waals surface area (Å²) in [4.78, 5) is 36.1. The molecule has 0 radical (unpaired) electrons. The number of alkyl halides is 6. The molecule has 2 aromatic carbocycles. The molecule has 2 aromatic rings. The number of hydrogen-bond acceptors (Lipinski definition) is 7. The lowest BCUT2D eigenvalue weighted by molar-refractivity contribution is -0.266. The number of amides is 2. The van der Waals surface area contributed by atoms with E-state index < -0.39 is 53.0 Å². The van der Waals surface area contributed by atoms with Crippen LogP contribution < -0.4 is 15.4 Å². The summed E-state index contributed by atoms with van der Waals surface area (Å²) in [5, 5.41) is 13.2. The molecular formula is C21H18F6N2O7. The fourth-order valence-corrected chi connectivity index (χ4v) is 2.83. The van der Waals surface area contributed by atoms with Crippen LogP contribution in [0.15, 0.2) is 54.6 Å². The molecule has 0 aliphatic heterocycles. The second-order valence-corrected chi connectivity index (χ2v) is 6.94. The quantitative estimate of drug-likeness (QED) is 0.289. The maximum atomic E-state index is 14.0. The third kappa shape index (κ3) is 5.45. The van der Waals surface area contributed by atoms with Crippen molar-refractivity contribution < 1.29 is 60.0 Å². The van der Waals surface area contributed by atoms with Crippen molar-refractivity contribution in [3.63, 3.8) is 0 Å². The van der Waals surface area contributed by atoms with E-state index >= 15 is 0 Å². The summed E-state index contributed by atoms with van der Waals surface area (Å²) >= 11 is 0. The summed E-state index contributed by atoms with van der Waals surface area (Å²) in [5.74, 6) is -4.53. The number of ether oxygens (including phenoxy) is 3. The molecule has 0 bridgehead atoms. The molecule has 196 valence electrons. The Labute approximate surface area is 198 Å². The number of carbonyl (C=O) groups is 3. The molecule has 0 saturated heterocycles. The van der Waals surface area contributed by atoms with Gasteiger partial charge in [0.1, 0.15) is 5.75 Å².